The molecule has 1 N–H and O–H groups in total. The van der Waals surface area contributed by atoms with Gasteiger partial charge in [0.25, 0.3) is 5.91 Å². The van der Waals surface area contributed by atoms with Gasteiger partial charge < -0.3 is 19.5 Å². The quantitative estimate of drug-likeness (QED) is 0.638. The molecule has 1 aliphatic rings. The molecule has 1 heterocycles. The molecule has 1 saturated heterocycles. The van der Waals surface area contributed by atoms with Crippen LogP contribution >= 0.6 is 0 Å². The average molecular weight is 305 g/mol. The lowest BCUT2D eigenvalue weighted by Gasteiger charge is -2.14. The van der Waals surface area contributed by atoms with Crippen molar-refractivity contribution in [1.29, 1.82) is 0 Å². The van der Waals surface area contributed by atoms with E-state index in [1.165, 1.54) is 6.92 Å². The van der Waals surface area contributed by atoms with E-state index in [2.05, 4.69) is 11.9 Å². The van der Waals surface area contributed by atoms with Crippen LogP contribution in [0.25, 0.3) is 0 Å². The van der Waals surface area contributed by atoms with Crippen LogP contribution in [-0.4, -0.2) is 37.7 Å². The van der Waals surface area contributed by atoms with Crippen LogP contribution in [0.5, 0.6) is 0 Å². The van der Waals surface area contributed by atoms with Crippen LogP contribution in [0.3, 0.4) is 0 Å². The minimum atomic E-state index is -0.880. The third-order valence-corrected chi connectivity index (χ3v) is 3.09. The maximum atomic E-state index is 12.1. The van der Waals surface area contributed by atoms with Crippen molar-refractivity contribution in [2.45, 2.75) is 19.3 Å². The first-order valence-corrected chi connectivity index (χ1v) is 7.04. The predicted octanol–water partition coefficient (Wildman–Crippen LogP) is 1.58. The lowest BCUT2D eigenvalue weighted by atomic mass is 10.1. The topological polar surface area (TPSA) is 73.9 Å². The SMILES string of the molecule is C=CCNC(=O)[C@@H](C)OC(=O)c1cccc(C2OCCO2)c1. The van der Waals surface area contributed by atoms with Gasteiger partial charge in [0.15, 0.2) is 12.4 Å². The smallest absolute Gasteiger partial charge is 0.338 e. The fraction of sp³-hybridized carbons (Fsp3) is 0.375. The molecule has 1 amide bonds. The molecule has 2 rings (SSSR count). The molecular formula is C16H19NO5. The van der Waals surface area contributed by atoms with Crippen LogP contribution in [0.2, 0.25) is 0 Å². The Morgan fingerprint density at radius 1 is 1.45 bits per heavy atom. The Labute approximate surface area is 129 Å². The van der Waals surface area contributed by atoms with Gasteiger partial charge in [0.1, 0.15) is 0 Å². The van der Waals surface area contributed by atoms with Crippen molar-refractivity contribution in [2.24, 2.45) is 0 Å². The predicted molar refractivity (Wildman–Crippen MR) is 79.2 cm³/mol. The highest BCUT2D eigenvalue weighted by Gasteiger charge is 2.21. The van der Waals surface area contributed by atoms with Crippen LogP contribution in [0.4, 0.5) is 0 Å². The molecule has 0 spiro atoms. The minimum absolute atomic E-state index is 0.326. The summed E-state index contributed by atoms with van der Waals surface area (Å²) in [4.78, 5) is 23.8. The third kappa shape index (κ3) is 4.16. The molecule has 6 heteroatoms. The molecule has 22 heavy (non-hydrogen) atoms. The van der Waals surface area contributed by atoms with E-state index in [1.54, 1.807) is 24.3 Å². The van der Waals surface area contributed by atoms with Gasteiger partial charge in [-0.15, -0.1) is 6.58 Å². The number of hydrogen-bond donors (Lipinski definition) is 1. The van der Waals surface area contributed by atoms with Crippen LogP contribution in [0.1, 0.15) is 29.1 Å². The number of hydrogen-bond acceptors (Lipinski definition) is 5. The van der Waals surface area contributed by atoms with E-state index in [9.17, 15) is 9.59 Å². The third-order valence-electron chi connectivity index (χ3n) is 3.09. The van der Waals surface area contributed by atoms with Crippen molar-refractivity contribution in [3.8, 4) is 0 Å². The lowest BCUT2D eigenvalue weighted by molar-refractivity contribution is -0.128. The second-order valence-electron chi connectivity index (χ2n) is 4.78. The van der Waals surface area contributed by atoms with Gasteiger partial charge >= 0.3 is 5.97 Å². The number of carbonyl (C=O) groups is 2. The molecule has 118 valence electrons. The van der Waals surface area contributed by atoms with Gasteiger partial charge in [0, 0.05) is 12.1 Å². The number of ether oxygens (including phenoxy) is 3. The highest BCUT2D eigenvalue weighted by atomic mass is 16.7. The van der Waals surface area contributed by atoms with E-state index in [-0.39, 0.29) is 5.91 Å². The first kappa shape index (κ1) is 16.2. The summed E-state index contributed by atoms with van der Waals surface area (Å²) in [6.07, 6.45) is 0.216. The summed E-state index contributed by atoms with van der Waals surface area (Å²) >= 11 is 0. The van der Waals surface area contributed by atoms with Crippen LogP contribution in [-0.2, 0) is 19.0 Å². The molecule has 0 aliphatic carbocycles. The van der Waals surface area contributed by atoms with Crippen molar-refractivity contribution < 1.29 is 23.8 Å². The van der Waals surface area contributed by atoms with E-state index in [0.717, 1.165) is 5.56 Å². The highest BCUT2D eigenvalue weighted by molar-refractivity contribution is 5.92. The summed E-state index contributed by atoms with van der Waals surface area (Å²) in [6.45, 7) is 6.40. The molecule has 1 atom stereocenters. The normalized spacial score (nSPS) is 16.0. The summed E-state index contributed by atoms with van der Waals surface area (Å²) in [5, 5.41) is 2.57. The zero-order chi connectivity index (χ0) is 15.9. The molecule has 6 nitrogen and oxygen atoms in total. The fourth-order valence-corrected chi connectivity index (χ4v) is 1.96. The van der Waals surface area contributed by atoms with Gasteiger partial charge in [0.05, 0.1) is 18.8 Å². The second-order valence-corrected chi connectivity index (χ2v) is 4.78. The standard InChI is InChI=1S/C16H19NO5/c1-3-7-17-14(18)11(2)22-15(19)12-5-4-6-13(10-12)16-20-8-9-21-16/h3-6,10-11,16H,1,7-9H2,2H3,(H,17,18)/t11-/m1/s1. The van der Waals surface area contributed by atoms with Gasteiger partial charge in [-0.3, -0.25) is 4.79 Å². The van der Waals surface area contributed by atoms with E-state index in [1.807, 2.05) is 6.07 Å². The summed E-state index contributed by atoms with van der Waals surface area (Å²) < 4.78 is 15.9. The highest BCUT2D eigenvalue weighted by Crippen LogP contribution is 2.24. The second kappa shape index (κ2) is 7.72. The molecule has 0 saturated carbocycles. The number of carbonyl (C=O) groups excluding carboxylic acids is 2. The molecule has 1 aliphatic heterocycles. The Morgan fingerprint density at radius 3 is 2.86 bits per heavy atom. The number of nitrogens with one attached hydrogen (secondary N) is 1. The van der Waals surface area contributed by atoms with Gasteiger partial charge in [-0.1, -0.05) is 18.2 Å². The van der Waals surface area contributed by atoms with E-state index in [0.29, 0.717) is 25.3 Å². The lowest BCUT2D eigenvalue weighted by Crippen LogP contribution is -2.35. The molecular weight excluding hydrogens is 286 g/mol. The van der Waals surface area contributed by atoms with Crippen LogP contribution in [0, 0.1) is 0 Å². The van der Waals surface area contributed by atoms with Gasteiger partial charge in [0.2, 0.25) is 0 Å². The molecule has 1 fully saturated rings. The van der Waals surface area contributed by atoms with E-state index < -0.39 is 18.4 Å². The molecule has 0 unspecified atom stereocenters. The maximum Gasteiger partial charge on any atom is 0.338 e. The first-order valence-electron chi connectivity index (χ1n) is 7.04. The van der Waals surface area contributed by atoms with Gasteiger partial charge in [-0.2, -0.15) is 0 Å². The summed E-state index contributed by atoms with van der Waals surface area (Å²) in [5.74, 6) is -0.937. The van der Waals surface area contributed by atoms with Crippen molar-refractivity contribution in [1.82, 2.24) is 5.32 Å². The number of benzene rings is 1. The summed E-state index contributed by atoms with van der Waals surface area (Å²) in [5.41, 5.74) is 1.09. The van der Waals surface area contributed by atoms with Crippen LogP contribution in [0.15, 0.2) is 36.9 Å². The van der Waals surface area contributed by atoms with E-state index in [4.69, 9.17) is 14.2 Å². The number of esters is 1. The van der Waals surface area contributed by atoms with Crippen molar-refractivity contribution >= 4 is 11.9 Å². The Bertz CT molecular complexity index is 551. The molecule has 0 radical (unpaired) electrons. The Morgan fingerprint density at radius 2 is 2.18 bits per heavy atom. The molecule has 1 aromatic rings. The maximum absolute atomic E-state index is 12.1. The molecule has 0 bridgehead atoms. The fourth-order valence-electron chi connectivity index (χ4n) is 1.96. The molecule has 0 aromatic heterocycles. The monoisotopic (exact) mass is 305 g/mol. The Balaban J connectivity index is 1.98. The zero-order valence-electron chi connectivity index (χ0n) is 12.4. The Kier molecular flexibility index (Phi) is 5.68. The average Bonchev–Trinajstić information content (AvgIpc) is 3.07. The number of rotatable bonds is 6. The molecule has 1 aromatic carbocycles. The zero-order valence-corrected chi connectivity index (χ0v) is 12.4. The van der Waals surface area contributed by atoms with Crippen LogP contribution < -0.4 is 5.32 Å². The Hall–Kier alpha value is -2.18. The summed E-state index contributed by atoms with van der Waals surface area (Å²) in [6, 6.07) is 6.80. The van der Waals surface area contributed by atoms with Crippen molar-refractivity contribution in [2.75, 3.05) is 19.8 Å². The number of amides is 1. The van der Waals surface area contributed by atoms with E-state index >= 15 is 0 Å². The van der Waals surface area contributed by atoms with Gasteiger partial charge in [-0.25, -0.2) is 4.79 Å². The summed E-state index contributed by atoms with van der Waals surface area (Å²) in [7, 11) is 0. The van der Waals surface area contributed by atoms with Crippen molar-refractivity contribution in [3.05, 3.63) is 48.0 Å². The largest absolute Gasteiger partial charge is 0.449 e. The first-order chi connectivity index (χ1) is 10.6. The van der Waals surface area contributed by atoms with Gasteiger partial charge in [-0.05, 0) is 19.1 Å². The van der Waals surface area contributed by atoms with Crippen molar-refractivity contribution in [3.63, 3.8) is 0 Å². The minimum Gasteiger partial charge on any atom is -0.449 e.